The lowest BCUT2D eigenvalue weighted by molar-refractivity contribution is -0.137. The summed E-state index contributed by atoms with van der Waals surface area (Å²) in [6.45, 7) is 3.93. The van der Waals surface area contributed by atoms with Crippen LogP contribution in [0.15, 0.2) is 36.4 Å². The fourth-order valence-electron chi connectivity index (χ4n) is 4.05. The summed E-state index contributed by atoms with van der Waals surface area (Å²) in [7, 11) is 2.89. The van der Waals surface area contributed by atoms with E-state index in [4.69, 9.17) is 9.47 Å². The molecule has 0 fully saturated rings. The lowest BCUT2D eigenvalue weighted by atomic mass is 9.89. The van der Waals surface area contributed by atoms with Gasteiger partial charge in [0.2, 0.25) is 0 Å². The number of carbonyl (C=O) groups is 1. The van der Waals surface area contributed by atoms with Crippen molar-refractivity contribution in [1.29, 1.82) is 0 Å². The van der Waals surface area contributed by atoms with Gasteiger partial charge in [0.15, 0.2) is 11.5 Å². The molecule has 3 aromatic rings. The number of carboxylic acids is 1. The zero-order valence-electron chi connectivity index (χ0n) is 18.4. The van der Waals surface area contributed by atoms with Crippen LogP contribution in [0.2, 0.25) is 0 Å². The summed E-state index contributed by atoms with van der Waals surface area (Å²) in [5, 5.41) is 11.2. The Kier molecular flexibility index (Phi) is 6.67. The Bertz CT molecular complexity index is 1150. The number of hydrogen-bond donors (Lipinski definition) is 1. The standard InChI is InChI=1S/C25H25F3O4/c1-5-6-18-19-11-14(2)16(12-15-7-9-17(10-8-15)25(26,27)28)13-20(19)21(24(29)30)23(32-4)22(18)31-3/h7-11,13H,5-6,12H2,1-4H3,(H,29,30). The summed E-state index contributed by atoms with van der Waals surface area (Å²) < 4.78 is 49.6. The van der Waals surface area contributed by atoms with Gasteiger partial charge in [-0.25, -0.2) is 4.79 Å². The Balaban J connectivity index is 2.21. The summed E-state index contributed by atoms with van der Waals surface area (Å²) in [4.78, 5) is 12.2. The minimum absolute atomic E-state index is 0.00729. The molecular formula is C25H25F3O4. The van der Waals surface area contributed by atoms with Crippen LogP contribution in [-0.4, -0.2) is 25.3 Å². The SMILES string of the molecule is CCCc1c(OC)c(OC)c(C(=O)O)c2cc(Cc3ccc(C(F)(F)F)cc3)c(C)cc12. The number of aryl methyl sites for hydroxylation is 2. The molecule has 3 rings (SSSR count). The van der Waals surface area contributed by atoms with Crippen LogP contribution >= 0.6 is 0 Å². The van der Waals surface area contributed by atoms with Crippen LogP contribution in [0, 0.1) is 6.92 Å². The minimum atomic E-state index is -4.39. The lowest BCUT2D eigenvalue weighted by Gasteiger charge is -2.20. The molecule has 0 saturated heterocycles. The molecule has 32 heavy (non-hydrogen) atoms. The fourth-order valence-corrected chi connectivity index (χ4v) is 4.05. The Morgan fingerprint density at radius 1 is 1.00 bits per heavy atom. The first-order valence-corrected chi connectivity index (χ1v) is 10.2. The molecule has 0 aromatic heterocycles. The summed E-state index contributed by atoms with van der Waals surface area (Å²) in [6, 6.07) is 8.73. The van der Waals surface area contributed by atoms with Crippen LogP contribution in [-0.2, 0) is 19.0 Å². The van der Waals surface area contributed by atoms with E-state index in [1.807, 2.05) is 19.9 Å². The van der Waals surface area contributed by atoms with Gasteiger partial charge in [0.1, 0.15) is 5.56 Å². The monoisotopic (exact) mass is 446 g/mol. The zero-order chi connectivity index (χ0) is 23.6. The molecule has 0 spiro atoms. The molecule has 1 N–H and O–H groups in total. The second kappa shape index (κ2) is 9.10. The molecule has 0 aliphatic rings. The maximum atomic E-state index is 12.9. The number of rotatable bonds is 7. The van der Waals surface area contributed by atoms with Crippen LogP contribution in [0.4, 0.5) is 13.2 Å². The maximum Gasteiger partial charge on any atom is 0.416 e. The van der Waals surface area contributed by atoms with Crippen LogP contribution in [0.1, 0.15) is 51.5 Å². The van der Waals surface area contributed by atoms with E-state index in [2.05, 4.69) is 0 Å². The number of fused-ring (bicyclic) bond motifs is 1. The first-order valence-electron chi connectivity index (χ1n) is 10.2. The third-order valence-corrected chi connectivity index (χ3v) is 5.58. The second-order valence-electron chi connectivity index (χ2n) is 7.67. The second-order valence-corrected chi connectivity index (χ2v) is 7.67. The van der Waals surface area contributed by atoms with E-state index in [9.17, 15) is 23.1 Å². The number of halogens is 3. The van der Waals surface area contributed by atoms with Gasteiger partial charge >= 0.3 is 12.1 Å². The zero-order valence-corrected chi connectivity index (χ0v) is 18.4. The number of benzene rings is 3. The van der Waals surface area contributed by atoms with E-state index < -0.39 is 17.7 Å². The predicted molar refractivity (Wildman–Crippen MR) is 117 cm³/mol. The highest BCUT2D eigenvalue weighted by atomic mass is 19.4. The van der Waals surface area contributed by atoms with Gasteiger partial charge in [-0.15, -0.1) is 0 Å². The minimum Gasteiger partial charge on any atom is -0.493 e. The molecule has 0 radical (unpaired) electrons. The van der Waals surface area contributed by atoms with E-state index in [0.29, 0.717) is 29.5 Å². The average molecular weight is 446 g/mol. The number of alkyl halides is 3. The van der Waals surface area contributed by atoms with E-state index >= 15 is 0 Å². The highest BCUT2D eigenvalue weighted by Crippen LogP contribution is 2.43. The maximum absolute atomic E-state index is 12.9. The predicted octanol–water partition coefficient (Wildman–Crippen LogP) is 6.43. The Hall–Kier alpha value is -3.22. The molecular weight excluding hydrogens is 421 g/mol. The van der Waals surface area contributed by atoms with Crippen molar-refractivity contribution in [3.05, 3.63) is 69.8 Å². The molecule has 4 nitrogen and oxygen atoms in total. The molecule has 0 unspecified atom stereocenters. The third kappa shape index (κ3) is 4.38. The number of hydrogen-bond acceptors (Lipinski definition) is 3. The molecule has 0 bridgehead atoms. The van der Waals surface area contributed by atoms with E-state index in [1.165, 1.54) is 26.4 Å². The number of methoxy groups -OCH3 is 2. The van der Waals surface area contributed by atoms with Crippen molar-refractivity contribution in [1.82, 2.24) is 0 Å². The smallest absolute Gasteiger partial charge is 0.416 e. The fraction of sp³-hybridized carbons (Fsp3) is 0.320. The number of carboxylic acid groups (broad SMARTS) is 1. The van der Waals surface area contributed by atoms with Gasteiger partial charge in [-0.05, 0) is 60.0 Å². The quantitative estimate of drug-likeness (QED) is 0.455. The van der Waals surface area contributed by atoms with Crippen molar-refractivity contribution >= 4 is 16.7 Å². The molecule has 0 aliphatic carbocycles. The van der Waals surface area contributed by atoms with Gasteiger partial charge < -0.3 is 14.6 Å². The Morgan fingerprint density at radius 2 is 1.62 bits per heavy atom. The van der Waals surface area contributed by atoms with E-state index in [0.717, 1.165) is 40.6 Å². The highest BCUT2D eigenvalue weighted by molar-refractivity contribution is 6.09. The largest absolute Gasteiger partial charge is 0.493 e. The average Bonchev–Trinajstić information content (AvgIpc) is 2.73. The molecule has 0 aliphatic heterocycles. The van der Waals surface area contributed by atoms with Crippen molar-refractivity contribution in [2.75, 3.05) is 14.2 Å². The lowest BCUT2D eigenvalue weighted by Crippen LogP contribution is -2.08. The molecule has 3 aromatic carbocycles. The summed E-state index contributed by atoms with van der Waals surface area (Å²) in [5.41, 5.74) is 2.62. The number of ether oxygens (including phenoxy) is 2. The van der Waals surface area contributed by atoms with Crippen LogP contribution in [0.25, 0.3) is 10.8 Å². The molecule has 0 atom stereocenters. The van der Waals surface area contributed by atoms with Crippen molar-refractivity contribution in [3.63, 3.8) is 0 Å². The molecule has 0 amide bonds. The van der Waals surface area contributed by atoms with E-state index in [-0.39, 0.29) is 11.3 Å². The summed E-state index contributed by atoms with van der Waals surface area (Å²) in [5.74, 6) is -0.563. The highest BCUT2D eigenvalue weighted by Gasteiger charge is 2.30. The first kappa shape index (κ1) is 23.4. The van der Waals surface area contributed by atoms with Crippen LogP contribution in [0.3, 0.4) is 0 Å². The van der Waals surface area contributed by atoms with Crippen LogP contribution < -0.4 is 9.47 Å². The van der Waals surface area contributed by atoms with Crippen LogP contribution in [0.5, 0.6) is 11.5 Å². The molecule has 0 saturated carbocycles. The summed E-state index contributed by atoms with van der Waals surface area (Å²) >= 11 is 0. The third-order valence-electron chi connectivity index (χ3n) is 5.58. The van der Waals surface area contributed by atoms with Gasteiger partial charge in [-0.1, -0.05) is 31.5 Å². The topological polar surface area (TPSA) is 55.8 Å². The Morgan fingerprint density at radius 3 is 2.12 bits per heavy atom. The molecule has 170 valence electrons. The van der Waals surface area contributed by atoms with Gasteiger partial charge in [0.25, 0.3) is 0 Å². The van der Waals surface area contributed by atoms with Crippen molar-refractivity contribution < 1.29 is 32.5 Å². The van der Waals surface area contributed by atoms with Gasteiger partial charge in [0.05, 0.1) is 19.8 Å². The van der Waals surface area contributed by atoms with Crippen molar-refractivity contribution in [2.45, 2.75) is 39.3 Å². The summed E-state index contributed by atoms with van der Waals surface area (Å²) in [6.07, 6.45) is -2.52. The van der Waals surface area contributed by atoms with Crippen molar-refractivity contribution in [2.24, 2.45) is 0 Å². The molecule has 7 heteroatoms. The molecule has 0 heterocycles. The van der Waals surface area contributed by atoms with Gasteiger partial charge in [-0.3, -0.25) is 0 Å². The number of aromatic carboxylic acids is 1. The normalized spacial score (nSPS) is 11.6. The van der Waals surface area contributed by atoms with Crippen molar-refractivity contribution in [3.8, 4) is 11.5 Å². The Labute approximate surface area is 184 Å². The first-order chi connectivity index (χ1) is 15.1. The van der Waals surface area contributed by atoms with Gasteiger partial charge in [-0.2, -0.15) is 13.2 Å². The van der Waals surface area contributed by atoms with Gasteiger partial charge in [0, 0.05) is 10.9 Å². The van der Waals surface area contributed by atoms with E-state index in [1.54, 1.807) is 6.07 Å².